The molecule has 1 saturated carbocycles. The lowest BCUT2D eigenvalue weighted by Gasteiger charge is -2.38. The number of carbonyl (C=O) groups excluding carboxylic acids is 1. The van der Waals surface area contributed by atoms with Gasteiger partial charge in [0.05, 0.1) is 19.0 Å². The molecule has 30 heavy (non-hydrogen) atoms. The van der Waals surface area contributed by atoms with Crippen LogP contribution in [-0.4, -0.2) is 58.9 Å². The molecule has 0 unspecified atom stereocenters. The Morgan fingerprint density at radius 3 is 2.60 bits per heavy atom. The molecule has 0 aromatic heterocycles. The van der Waals surface area contributed by atoms with Gasteiger partial charge in [0.15, 0.2) is 6.29 Å². The van der Waals surface area contributed by atoms with E-state index in [1.165, 1.54) is 6.26 Å². The first-order chi connectivity index (χ1) is 14.4. The summed E-state index contributed by atoms with van der Waals surface area (Å²) in [5, 5.41) is 3.43. The van der Waals surface area contributed by atoms with Gasteiger partial charge >= 0.3 is 0 Å². The van der Waals surface area contributed by atoms with E-state index in [1.807, 2.05) is 18.2 Å². The quantitative estimate of drug-likeness (QED) is 0.574. The van der Waals surface area contributed by atoms with E-state index in [0.717, 1.165) is 56.2 Å². The number of nitrogens with one attached hydrogen (secondary N) is 2. The number of carbonyl (C=O) groups is 1. The summed E-state index contributed by atoms with van der Waals surface area (Å²) in [4.78, 5) is 10.6. The number of benzene rings is 1. The molecule has 8 heteroatoms. The zero-order chi connectivity index (χ0) is 21.6. The first-order valence-corrected chi connectivity index (χ1v) is 12.7. The minimum atomic E-state index is -3.26. The molecule has 1 heterocycles. The van der Waals surface area contributed by atoms with Gasteiger partial charge in [-0.2, -0.15) is 0 Å². The summed E-state index contributed by atoms with van der Waals surface area (Å²) in [7, 11) is -3.26. The summed E-state index contributed by atoms with van der Waals surface area (Å²) in [6.07, 6.45) is 7.04. The van der Waals surface area contributed by atoms with Gasteiger partial charge in [-0.3, -0.25) is 4.79 Å². The second kappa shape index (κ2) is 10.7. The van der Waals surface area contributed by atoms with Crippen LogP contribution < -0.4 is 14.8 Å². The Morgan fingerprint density at radius 1 is 1.17 bits per heavy atom. The number of ether oxygens (including phenoxy) is 2. The van der Waals surface area contributed by atoms with Crippen molar-refractivity contribution in [1.82, 2.24) is 10.0 Å². The summed E-state index contributed by atoms with van der Waals surface area (Å²) in [6, 6.07) is 7.78. The Kier molecular flexibility index (Phi) is 8.27. The second-order valence-corrected chi connectivity index (χ2v) is 10.3. The summed E-state index contributed by atoms with van der Waals surface area (Å²) in [5.41, 5.74) is 1.16. The van der Waals surface area contributed by atoms with Crippen molar-refractivity contribution in [2.45, 2.75) is 63.1 Å². The number of sulfonamides is 1. The number of aldehydes is 1. The van der Waals surface area contributed by atoms with Crippen LogP contribution in [0.5, 0.6) is 5.75 Å². The van der Waals surface area contributed by atoms with Gasteiger partial charge in [0.2, 0.25) is 10.0 Å². The number of para-hydroxylation sites is 1. The summed E-state index contributed by atoms with van der Waals surface area (Å²) >= 11 is 0. The highest BCUT2D eigenvalue weighted by atomic mass is 32.2. The first-order valence-electron chi connectivity index (χ1n) is 10.8. The Hall–Kier alpha value is -1.48. The molecule has 3 atom stereocenters. The van der Waals surface area contributed by atoms with E-state index >= 15 is 0 Å². The van der Waals surface area contributed by atoms with Gasteiger partial charge in [0.1, 0.15) is 12.4 Å². The van der Waals surface area contributed by atoms with Crippen LogP contribution in [0, 0.1) is 5.92 Å². The van der Waals surface area contributed by atoms with Crippen molar-refractivity contribution < 1.29 is 22.7 Å². The molecule has 1 saturated heterocycles. The Labute approximate surface area is 180 Å². The minimum Gasteiger partial charge on any atom is -0.486 e. The normalized spacial score (nSPS) is 30.0. The lowest BCUT2D eigenvalue weighted by Crippen LogP contribution is -2.59. The molecule has 1 aliphatic carbocycles. The van der Waals surface area contributed by atoms with Crippen molar-refractivity contribution in [3.63, 3.8) is 0 Å². The van der Waals surface area contributed by atoms with E-state index in [0.29, 0.717) is 12.5 Å². The number of hydrogen-bond donors (Lipinski definition) is 2. The third-order valence-corrected chi connectivity index (χ3v) is 6.95. The van der Waals surface area contributed by atoms with Crippen molar-refractivity contribution in [3.8, 4) is 5.75 Å². The highest BCUT2D eigenvalue weighted by Crippen LogP contribution is 2.38. The molecule has 1 aromatic rings. The molecule has 0 amide bonds. The van der Waals surface area contributed by atoms with Crippen LogP contribution in [0.3, 0.4) is 0 Å². The minimum absolute atomic E-state index is 0.0151. The maximum Gasteiger partial charge on any atom is 0.209 e. The summed E-state index contributed by atoms with van der Waals surface area (Å²) < 4.78 is 38.1. The lowest BCUT2D eigenvalue weighted by atomic mass is 9.82. The van der Waals surface area contributed by atoms with Gasteiger partial charge in [-0.15, -0.1) is 0 Å². The molecule has 2 aliphatic rings. The SMILES string of the molecule is C[C@@H]1CCN[C@@H](CO[C@H]2CC[C@@H](c3ccccc3OCC=O)CC2)[C@H]1NS(C)(=O)=O. The average Bonchev–Trinajstić information content (AvgIpc) is 2.72. The Balaban J connectivity index is 1.52. The second-order valence-electron chi connectivity index (χ2n) is 8.56. The summed E-state index contributed by atoms with van der Waals surface area (Å²) in [6.45, 7) is 3.55. The maximum atomic E-state index is 11.8. The van der Waals surface area contributed by atoms with Gasteiger partial charge in [-0.05, 0) is 62.1 Å². The van der Waals surface area contributed by atoms with Crippen molar-refractivity contribution >= 4 is 16.3 Å². The Bertz CT molecular complexity index is 792. The fourth-order valence-corrected chi connectivity index (χ4v) is 5.55. The number of hydrogen-bond acceptors (Lipinski definition) is 6. The van der Waals surface area contributed by atoms with E-state index < -0.39 is 10.0 Å². The zero-order valence-electron chi connectivity index (χ0n) is 17.9. The topological polar surface area (TPSA) is 93.7 Å². The van der Waals surface area contributed by atoms with Gasteiger partial charge in [-0.1, -0.05) is 25.1 Å². The smallest absolute Gasteiger partial charge is 0.209 e. The van der Waals surface area contributed by atoms with Crippen LogP contribution in [0.4, 0.5) is 0 Å². The fourth-order valence-electron chi connectivity index (χ4n) is 4.66. The van der Waals surface area contributed by atoms with Crippen LogP contribution in [0.15, 0.2) is 24.3 Å². The van der Waals surface area contributed by atoms with Gasteiger partial charge in [0.25, 0.3) is 0 Å². The monoisotopic (exact) mass is 438 g/mol. The van der Waals surface area contributed by atoms with Crippen LogP contribution in [0.1, 0.15) is 50.5 Å². The third kappa shape index (κ3) is 6.51. The zero-order valence-corrected chi connectivity index (χ0v) is 18.7. The highest BCUT2D eigenvalue weighted by Gasteiger charge is 2.33. The molecule has 0 spiro atoms. The third-order valence-electron chi connectivity index (χ3n) is 6.25. The first kappa shape index (κ1) is 23.2. The predicted molar refractivity (Wildman–Crippen MR) is 116 cm³/mol. The van der Waals surface area contributed by atoms with Crippen molar-refractivity contribution in [1.29, 1.82) is 0 Å². The van der Waals surface area contributed by atoms with Crippen LogP contribution in [0.2, 0.25) is 0 Å². The molecule has 1 aliphatic heterocycles. The predicted octanol–water partition coefficient (Wildman–Crippen LogP) is 2.22. The molecule has 168 valence electrons. The molecule has 2 N–H and O–H groups in total. The molecule has 7 nitrogen and oxygen atoms in total. The Morgan fingerprint density at radius 2 is 1.90 bits per heavy atom. The van der Waals surface area contributed by atoms with E-state index in [9.17, 15) is 13.2 Å². The van der Waals surface area contributed by atoms with Crippen LogP contribution in [0.25, 0.3) is 0 Å². The van der Waals surface area contributed by atoms with E-state index in [1.54, 1.807) is 0 Å². The van der Waals surface area contributed by atoms with Crippen LogP contribution >= 0.6 is 0 Å². The molecule has 0 radical (unpaired) electrons. The molecule has 1 aromatic carbocycles. The fraction of sp³-hybridized carbons (Fsp3) is 0.682. The van der Waals surface area contributed by atoms with E-state index in [4.69, 9.17) is 9.47 Å². The van der Waals surface area contributed by atoms with Crippen molar-refractivity contribution in [3.05, 3.63) is 29.8 Å². The molecule has 2 fully saturated rings. The highest BCUT2D eigenvalue weighted by molar-refractivity contribution is 7.88. The molecule has 0 bridgehead atoms. The van der Waals surface area contributed by atoms with Gasteiger partial charge in [0, 0.05) is 12.1 Å². The van der Waals surface area contributed by atoms with Gasteiger partial charge < -0.3 is 14.8 Å². The van der Waals surface area contributed by atoms with E-state index in [-0.39, 0.29) is 30.7 Å². The largest absolute Gasteiger partial charge is 0.486 e. The average molecular weight is 439 g/mol. The number of piperidine rings is 1. The maximum absolute atomic E-state index is 11.8. The lowest BCUT2D eigenvalue weighted by molar-refractivity contribution is -0.109. The van der Waals surface area contributed by atoms with Gasteiger partial charge in [-0.25, -0.2) is 13.1 Å². The van der Waals surface area contributed by atoms with Crippen molar-refractivity contribution in [2.75, 3.05) is 26.0 Å². The van der Waals surface area contributed by atoms with Crippen molar-refractivity contribution in [2.24, 2.45) is 5.92 Å². The molecular weight excluding hydrogens is 404 g/mol. The van der Waals surface area contributed by atoms with E-state index in [2.05, 4.69) is 23.0 Å². The standard InChI is InChI=1S/C22H34N2O5S/c1-16-11-12-23-20(22(16)24-30(2,26)27)15-29-18-9-7-17(8-10-18)19-5-3-4-6-21(19)28-14-13-25/h3-6,13,16-18,20,22-24H,7-12,14-15H2,1-2H3/t16-,17-,18+,20+,22+/m1/s1. The molecule has 3 rings (SSSR count). The van der Waals surface area contributed by atoms with Crippen LogP contribution in [-0.2, 0) is 19.6 Å². The summed E-state index contributed by atoms with van der Waals surface area (Å²) in [5.74, 6) is 1.47. The molecular formula is C22H34N2O5S. The number of rotatable bonds is 9.